The van der Waals surface area contributed by atoms with Crippen LogP contribution in [0.1, 0.15) is 65.7 Å². The summed E-state index contributed by atoms with van der Waals surface area (Å²) in [5, 5.41) is 5.06. The summed E-state index contributed by atoms with van der Waals surface area (Å²) in [6.07, 6.45) is 4.88. The van der Waals surface area contributed by atoms with Crippen LogP contribution in [0, 0.1) is 6.92 Å². The van der Waals surface area contributed by atoms with E-state index in [2.05, 4.69) is 15.1 Å². The molecule has 1 aliphatic carbocycles. The van der Waals surface area contributed by atoms with E-state index in [-0.39, 0.29) is 48.4 Å². The summed E-state index contributed by atoms with van der Waals surface area (Å²) in [7, 11) is 0. The van der Waals surface area contributed by atoms with Gasteiger partial charge in [-0.1, -0.05) is 0 Å². The third-order valence-corrected chi connectivity index (χ3v) is 7.82. The molecule has 3 aromatic heterocycles. The van der Waals surface area contributed by atoms with E-state index < -0.39 is 23.6 Å². The SMILES string of the molecule is Cc1cc(OC2=C(F)CCC=C2F)ncc1-n1ncc(C(=O)c2cc3cc(OCC(C)F)c(C4CCOCC4)cc3[nH]2)c1N. The Bertz CT molecular complexity index is 1790. The summed E-state index contributed by atoms with van der Waals surface area (Å²) >= 11 is 0. The molecule has 6 rings (SSSR count). The van der Waals surface area contributed by atoms with Crippen molar-refractivity contribution in [1.29, 1.82) is 0 Å². The number of fused-ring (bicyclic) bond motifs is 1. The fraction of sp³-hybridized carbons (Fsp3) is 0.344. The lowest BCUT2D eigenvalue weighted by atomic mass is 9.90. The van der Waals surface area contributed by atoms with E-state index in [0.29, 0.717) is 35.9 Å². The van der Waals surface area contributed by atoms with Gasteiger partial charge in [0.1, 0.15) is 30.2 Å². The Hall–Kier alpha value is -4.58. The molecule has 2 aliphatic rings. The normalized spacial score (nSPS) is 16.7. The highest BCUT2D eigenvalue weighted by molar-refractivity contribution is 6.12. The van der Waals surface area contributed by atoms with Crippen LogP contribution in [0.3, 0.4) is 0 Å². The number of hydrogen-bond acceptors (Lipinski definition) is 7. The zero-order chi connectivity index (χ0) is 31.0. The molecule has 230 valence electrons. The number of allylic oxidation sites excluding steroid dienone is 3. The summed E-state index contributed by atoms with van der Waals surface area (Å²) in [6.45, 7) is 4.38. The van der Waals surface area contributed by atoms with Gasteiger partial charge in [0, 0.05) is 36.6 Å². The lowest BCUT2D eigenvalue weighted by Gasteiger charge is -2.24. The first-order valence-corrected chi connectivity index (χ1v) is 14.5. The number of nitrogens with zero attached hydrogens (tertiary/aromatic N) is 3. The summed E-state index contributed by atoms with van der Waals surface area (Å²) in [5.74, 6) is -1.42. The first-order chi connectivity index (χ1) is 21.2. The quantitative estimate of drug-likeness (QED) is 0.203. The van der Waals surface area contributed by atoms with Crippen molar-refractivity contribution in [1.82, 2.24) is 19.7 Å². The first-order valence-electron chi connectivity index (χ1n) is 14.5. The molecule has 1 saturated heterocycles. The van der Waals surface area contributed by atoms with Crippen LogP contribution in [0.15, 0.2) is 60.1 Å². The monoisotopic (exact) mass is 607 g/mol. The zero-order valence-corrected chi connectivity index (χ0v) is 24.3. The Kier molecular flexibility index (Phi) is 8.17. The van der Waals surface area contributed by atoms with Crippen molar-refractivity contribution in [2.45, 2.75) is 51.6 Å². The Balaban J connectivity index is 1.27. The Morgan fingerprint density at radius 2 is 2.00 bits per heavy atom. The Morgan fingerprint density at radius 1 is 1.20 bits per heavy atom. The molecule has 1 aliphatic heterocycles. The predicted octanol–water partition coefficient (Wildman–Crippen LogP) is 6.71. The standard InChI is InChI=1S/C32H32F3N5O4/c1-17-10-29(44-31-23(34)4-3-5-24(31)35)37-15-27(17)40-32(36)22(14-38-40)30(41)26-11-20-12-28(43-16-18(2)33)21(13-25(20)39-26)19-6-8-42-9-7-19/h4,10-15,18-19,39H,3,5-9,16,36H2,1-2H3. The van der Waals surface area contributed by atoms with E-state index in [9.17, 15) is 18.0 Å². The van der Waals surface area contributed by atoms with Crippen LogP contribution >= 0.6 is 0 Å². The average Bonchev–Trinajstić information content (AvgIpc) is 3.60. The molecule has 9 nitrogen and oxygen atoms in total. The largest absolute Gasteiger partial charge is 0.490 e. The maximum atomic E-state index is 14.1. The number of ether oxygens (including phenoxy) is 3. The number of carbonyl (C=O) groups excluding carboxylic acids is 1. The molecule has 0 amide bonds. The van der Waals surface area contributed by atoms with Crippen LogP contribution in [-0.4, -0.2) is 51.5 Å². The number of aromatic nitrogens is 4. The summed E-state index contributed by atoms with van der Waals surface area (Å²) < 4.78 is 60.0. The maximum absolute atomic E-state index is 14.1. The van der Waals surface area contributed by atoms with Crippen molar-refractivity contribution in [2.75, 3.05) is 25.6 Å². The van der Waals surface area contributed by atoms with Gasteiger partial charge >= 0.3 is 0 Å². The molecular weight excluding hydrogens is 575 g/mol. The number of aryl methyl sites for hydroxylation is 1. The highest BCUT2D eigenvalue weighted by Gasteiger charge is 2.25. The van der Waals surface area contributed by atoms with E-state index in [1.165, 1.54) is 36.1 Å². The van der Waals surface area contributed by atoms with Crippen LogP contribution in [-0.2, 0) is 4.74 Å². The minimum absolute atomic E-state index is 0.00592. The lowest BCUT2D eigenvalue weighted by Crippen LogP contribution is -2.16. The van der Waals surface area contributed by atoms with E-state index >= 15 is 0 Å². The molecule has 1 aromatic carbocycles. The van der Waals surface area contributed by atoms with Crippen LogP contribution in [0.2, 0.25) is 0 Å². The highest BCUT2D eigenvalue weighted by atomic mass is 19.1. The number of carbonyl (C=O) groups is 1. The molecule has 1 fully saturated rings. The predicted molar refractivity (Wildman–Crippen MR) is 158 cm³/mol. The fourth-order valence-electron chi connectivity index (χ4n) is 5.50. The highest BCUT2D eigenvalue weighted by Crippen LogP contribution is 2.37. The minimum atomic E-state index is -1.13. The summed E-state index contributed by atoms with van der Waals surface area (Å²) in [5.41, 5.74) is 9.63. The number of hydrogen-bond donors (Lipinski definition) is 2. The van der Waals surface area contributed by atoms with Crippen LogP contribution < -0.4 is 15.2 Å². The van der Waals surface area contributed by atoms with Crippen LogP contribution in [0.5, 0.6) is 11.6 Å². The van der Waals surface area contributed by atoms with Gasteiger partial charge in [-0.3, -0.25) is 4.79 Å². The van der Waals surface area contributed by atoms with Crippen molar-refractivity contribution in [2.24, 2.45) is 0 Å². The number of pyridine rings is 1. The Morgan fingerprint density at radius 3 is 2.73 bits per heavy atom. The third kappa shape index (κ3) is 5.81. The molecule has 1 atom stereocenters. The Labute approximate surface area is 251 Å². The molecule has 4 heterocycles. The van der Waals surface area contributed by atoms with Gasteiger partial charge in [0.2, 0.25) is 11.7 Å². The third-order valence-electron chi connectivity index (χ3n) is 7.82. The van der Waals surface area contributed by atoms with Crippen molar-refractivity contribution < 1.29 is 32.2 Å². The van der Waals surface area contributed by atoms with Crippen molar-refractivity contribution in [3.63, 3.8) is 0 Å². The molecule has 0 radical (unpaired) electrons. The number of nitrogens with two attached hydrogens (primary N) is 1. The van der Waals surface area contributed by atoms with Gasteiger partial charge in [-0.15, -0.1) is 0 Å². The van der Waals surface area contributed by atoms with E-state index in [1.807, 2.05) is 12.1 Å². The number of halogens is 3. The molecular formula is C32H32F3N5O4. The number of H-pyrrole nitrogens is 1. The lowest BCUT2D eigenvalue weighted by molar-refractivity contribution is 0.0844. The van der Waals surface area contributed by atoms with E-state index in [1.54, 1.807) is 13.0 Å². The molecule has 44 heavy (non-hydrogen) atoms. The minimum Gasteiger partial charge on any atom is -0.490 e. The van der Waals surface area contributed by atoms with Gasteiger partial charge in [0.25, 0.3) is 0 Å². The molecule has 0 spiro atoms. The van der Waals surface area contributed by atoms with E-state index in [4.69, 9.17) is 19.9 Å². The fourth-order valence-corrected chi connectivity index (χ4v) is 5.50. The second kappa shape index (κ2) is 12.2. The number of ketones is 1. The maximum Gasteiger partial charge on any atom is 0.219 e. The van der Waals surface area contributed by atoms with Gasteiger partial charge in [-0.05, 0) is 74.4 Å². The second-order valence-corrected chi connectivity index (χ2v) is 11.1. The first kappa shape index (κ1) is 29.5. The zero-order valence-electron chi connectivity index (χ0n) is 24.3. The molecule has 4 aromatic rings. The number of benzene rings is 1. The van der Waals surface area contributed by atoms with Crippen molar-refractivity contribution in [3.05, 3.63) is 82.5 Å². The van der Waals surface area contributed by atoms with Gasteiger partial charge in [-0.25, -0.2) is 22.8 Å². The van der Waals surface area contributed by atoms with Gasteiger partial charge in [0.05, 0.1) is 29.3 Å². The molecule has 3 N–H and O–H groups in total. The summed E-state index contributed by atoms with van der Waals surface area (Å²) in [6, 6.07) is 7.01. The molecule has 12 heteroatoms. The second-order valence-electron chi connectivity index (χ2n) is 11.1. The summed E-state index contributed by atoms with van der Waals surface area (Å²) in [4.78, 5) is 21.0. The molecule has 0 saturated carbocycles. The van der Waals surface area contributed by atoms with Crippen molar-refractivity contribution >= 4 is 22.5 Å². The number of alkyl halides is 1. The van der Waals surface area contributed by atoms with Crippen LogP contribution in [0.4, 0.5) is 19.0 Å². The number of nitrogen functional groups attached to an aromatic ring is 1. The number of rotatable bonds is 9. The van der Waals surface area contributed by atoms with Crippen LogP contribution in [0.25, 0.3) is 16.6 Å². The number of aromatic amines is 1. The van der Waals surface area contributed by atoms with Gasteiger partial charge < -0.3 is 24.9 Å². The molecule has 0 bridgehead atoms. The smallest absolute Gasteiger partial charge is 0.219 e. The average molecular weight is 608 g/mol. The van der Waals surface area contributed by atoms with Gasteiger partial charge in [0.15, 0.2) is 11.6 Å². The topological polar surface area (TPSA) is 117 Å². The number of anilines is 1. The number of nitrogens with one attached hydrogen (secondary N) is 1. The molecule has 1 unspecified atom stereocenters. The van der Waals surface area contributed by atoms with Crippen molar-refractivity contribution in [3.8, 4) is 17.3 Å². The van der Waals surface area contributed by atoms with Gasteiger partial charge in [-0.2, -0.15) is 5.10 Å². The van der Waals surface area contributed by atoms with E-state index in [0.717, 1.165) is 29.3 Å².